The molecule has 1 aliphatic rings. The van der Waals surface area contributed by atoms with Crippen LogP contribution in [0.3, 0.4) is 0 Å². The van der Waals surface area contributed by atoms with E-state index in [1.165, 1.54) is 25.4 Å². The summed E-state index contributed by atoms with van der Waals surface area (Å²) in [4.78, 5) is 3.66. The van der Waals surface area contributed by atoms with E-state index in [0.29, 0.717) is 13.2 Å². The number of thiophene rings is 1. The molecule has 3 aromatic carbocycles. The normalized spacial score (nSPS) is 14.7. The summed E-state index contributed by atoms with van der Waals surface area (Å²) < 4.78 is 17.1. The number of hydrogen-bond acceptors (Lipinski definition) is 5. The number of allylic oxidation sites excluding steroid dienone is 3. The minimum Gasteiger partial charge on any atom is -0.377 e. The molecule has 40 heavy (non-hydrogen) atoms. The zero-order valence-electron chi connectivity index (χ0n) is 23.6. The Labute approximate surface area is 243 Å². The quantitative estimate of drug-likeness (QED) is 0.146. The first-order valence-corrected chi connectivity index (χ1v) is 15.9. The molecule has 5 rings (SSSR count). The zero-order valence-corrected chi connectivity index (χ0v) is 25.4. The minimum atomic E-state index is -1.24. The lowest BCUT2D eigenvalue weighted by atomic mass is 10.1. The van der Waals surface area contributed by atoms with Crippen molar-refractivity contribution in [2.45, 2.75) is 33.2 Å². The second-order valence-corrected chi connectivity index (χ2v) is 13.5. The maximum Gasteiger partial charge on any atom is 0.184 e. The fraction of sp³-hybridized carbons (Fsp3) is 0.235. The summed E-state index contributed by atoms with van der Waals surface area (Å²) in [5.74, 6) is 0. The van der Waals surface area contributed by atoms with Crippen LogP contribution in [0, 0.1) is 6.92 Å². The first kappa shape index (κ1) is 28.3. The molecule has 1 atom stereocenters. The fourth-order valence-electron chi connectivity index (χ4n) is 5.02. The van der Waals surface area contributed by atoms with E-state index in [4.69, 9.17) is 14.2 Å². The first-order chi connectivity index (χ1) is 19.5. The van der Waals surface area contributed by atoms with Gasteiger partial charge in [0.05, 0.1) is 19.3 Å². The van der Waals surface area contributed by atoms with E-state index < -0.39 is 8.80 Å². The van der Waals surface area contributed by atoms with Gasteiger partial charge in [-0.25, -0.2) is 0 Å². The third kappa shape index (κ3) is 6.07. The number of anilines is 3. The van der Waals surface area contributed by atoms with Gasteiger partial charge in [0.2, 0.25) is 0 Å². The summed E-state index contributed by atoms with van der Waals surface area (Å²) in [7, 11) is 0.512. The lowest BCUT2D eigenvalue weighted by Crippen LogP contribution is -2.44. The molecule has 6 heteroatoms. The highest BCUT2D eigenvalue weighted by atomic mass is 32.1. The molecule has 1 aromatic heterocycles. The summed E-state index contributed by atoms with van der Waals surface area (Å²) in [6.07, 6.45) is 3.96. The standard InChI is InChI=1S/C34H36NO3SSi/c1-6-11-24(2)40(31-14-8-7-9-15-31)32-23-33(39-26(32)4)35(30-13-10-12-28(22-30)25(3)36-5)29-18-16-27(17-19-29)34-37-20-21-38-34/h6-19,22-23,25,34H,2,20-21H2,1,3-5H3. The van der Waals surface area contributed by atoms with Crippen LogP contribution in [0.2, 0.25) is 0 Å². The zero-order chi connectivity index (χ0) is 28.1. The topological polar surface area (TPSA) is 30.9 Å². The van der Waals surface area contributed by atoms with Gasteiger partial charge in [0, 0.05) is 28.9 Å². The van der Waals surface area contributed by atoms with Crippen LogP contribution in [0.15, 0.2) is 109 Å². The van der Waals surface area contributed by atoms with Gasteiger partial charge in [0.1, 0.15) is 5.00 Å². The number of hydrogen-bond donors (Lipinski definition) is 0. The number of aryl methyl sites for hydroxylation is 1. The third-order valence-electron chi connectivity index (χ3n) is 7.14. The summed E-state index contributed by atoms with van der Waals surface area (Å²) >= 11 is 1.83. The van der Waals surface area contributed by atoms with Crippen LogP contribution in [-0.2, 0) is 14.2 Å². The molecule has 2 heterocycles. The SMILES string of the molecule is C=C(C=CC)[Si](c1ccccc1)c1cc(N(c2ccc(C3OCCO3)cc2)c2cccc(C(C)OC)c2)sc1C. The van der Waals surface area contributed by atoms with Crippen LogP contribution in [0.1, 0.15) is 42.2 Å². The lowest BCUT2D eigenvalue weighted by Gasteiger charge is -2.25. The van der Waals surface area contributed by atoms with Gasteiger partial charge in [-0.15, -0.1) is 11.3 Å². The van der Waals surface area contributed by atoms with Crippen LogP contribution in [-0.4, -0.2) is 29.1 Å². The summed E-state index contributed by atoms with van der Waals surface area (Å²) in [5.41, 5.74) is 4.34. The van der Waals surface area contributed by atoms with Crippen molar-refractivity contribution in [2.24, 2.45) is 0 Å². The van der Waals surface area contributed by atoms with E-state index in [0.717, 1.165) is 22.5 Å². The average molecular weight is 567 g/mol. The first-order valence-electron chi connectivity index (χ1n) is 13.6. The Balaban J connectivity index is 1.61. The predicted octanol–water partition coefficient (Wildman–Crippen LogP) is 7.56. The molecule has 1 unspecified atom stereocenters. The molecule has 0 aliphatic carbocycles. The molecule has 0 amide bonds. The fourth-order valence-corrected chi connectivity index (χ4v) is 9.06. The molecular formula is C34H36NO3SSi. The second kappa shape index (κ2) is 12.9. The van der Waals surface area contributed by atoms with Crippen LogP contribution in [0.25, 0.3) is 0 Å². The molecule has 0 spiro atoms. The van der Waals surface area contributed by atoms with Crippen molar-refractivity contribution in [2.75, 3.05) is 25.2 Å². The van der Waals surface area contributed by atoms with Crippen molar-refractivity contribution >= 4 is 46.9 Å². The van der Waals surface area contributed by atoms with Gasteiger partial charge in [0.15, 0.2) is 15.1 Å². The Morgan fingerprint density at radius 1 is 1.00 bits per heavy atom. The van der Waals surface area contributed by atoms with Gasteiger partial charge < -0.3 is 19.1 Å². The van der Waals surface area contributed by atoms with Gasteiger partial charge in [-0.1, -0.05) is 83.7 Å². The van der Waals surface area contributed by atoms with E-state index in [2.05, 4.69) is 129 Å². The van der Waals surface area contributed by atoms with Crippen molar-refractivity contribution in [1.82, 2.24) is 0 Å². The van der Waals surface area contributed by atoms with Gasteiger partial charge >= 0.3 is 0 Å². The molecule has 0 saturated carbocycles. The van der Waals surface area contributed by atoms with Crippen molar-refractivity contribution in [1.29, 1.82) is 0 Å². The highest BCUT2D eigenvalue weighted by molar-refractivity contribution is 7.18. The van der Waals surface area contributed by atoms with Crippen molar-refractivity contribution < 1.29 is 14.2 Å². The molecule has 0 N–H and O–H groups in total. The van der Waals surface area contributed by atoms with E-state index >= 15 is 0 Å². The number of ether oxygens (including phenoxy) is 3. The summed E-state index contributed by atoms with van der Waals surface area (Å²) in [5, 5.41) is 5.05. The van der Waals surface area contributed by atoms with E-state index in [-0.39, 0.29) is 12.4 Å². The van der Waals surface area contributed by atoms with Gasteiger partial charge in [-0.3, -0.25) is 0 Å². The van der Waals surface area contributed by atoms with E-state index in [1.54, 1.807) is 7.11 Å². The van der Waals surface area contributed by atoms with Gasteiger partial charge in [0.25, 0.3) is 0 Å². The molecule has 205 valence electrons. The maximum atomic E-state index is 5.73. The highest BCUT2D eigenvalue weighted by Crippen LogP contribution is 2.40. The van der Waals surface area contributed by atoms with Crippen LogP contribution >= 0.6 is 11.3 Å². The molecule has 0 bridgehead atoms. The molecule has 4 nitrogen and oxygen atoms in total. The Kier molecular flexibility index (Phi) is 9.14. The van der Waals surface area contributed by atoms with Crippen molar-refractivity contribution in [3.8, 4) is 0 Å². The molecule has 1 radical (unpaired) electrons. The van der Waals surface area contributed by atoms with Gasteiger partial charge in [-0.05, 0) is 61.9 Å². The third-order valence-corrected chi connectivity index (χ3v) is 11.1. The molecule has 1 saturated heterocycles. The van der Waals surface area contributed by atoms with Crippen molar-refractivity contribution in [3.05, 3.63) is 125 Å². The highest BCUT2D eigenvalue weighted by Gasteiger charge is 2.26. The maximum absolute atomic E-state index is 5.73. The van der Waals surface area contributed by atoms with E-state index in [1.807, 2.05) is 11.3 Å². The Morgan fingerprint density at radius 2 is 1.73 bits per heavy atom. The molecule has 4 aromatic rings. The number of rotatable bonds is 10. The smallest absolute Gasteiger partial charge is 0.184 e. The minimum absolute atomic E-state index is 0.00137. The van der Waals surface area contributed by atoms with Crippen LogP contribution in [0.4, 0.5) is 16.4 Å². The number of nitrogens with zero attached hydrogens (tertiary/aromatic N) is 1. The van der Waals surface area contributed by atoms with Crippen molar-refractivity contribution in [3.63, 3.8) is 0 Å². The molecule has 1 fully saturated rings. The van der Waals surface area contributed by atoms with E-state index in [9.17, 15) is 0 Å². The second-order valence-electron chi connectivity index (χ2n) is 9.79. The molecular weight excluding hydrogens is 531 g/mol. The Bertz CT molecular complexity index is 1460. The largest absolute Gasteiger partial charge is 0.377 e. The Hall–Kier alpha value is -3.26. The van der Waals surface area contributed by atoms with Crippen LogP contribution < -0.4 is 15.3 Å². The average Bonchev–Trinajstić information content (AvgIpc) is 3.65. The monoisotopic (exact) mass is 566 g/mol. The predicted molar refractivity (Wildman–Crippen MR) is 169 cm³/mol. The Morgan fingerprint density at radius 3 is 2.40 bits per heavy atom. The summed E-state index contributed by atoms with van der Waals surface area (Å²) in [6.45, 7) is 12.1. The van der Waals surface area contributed by atoms with Crippen LogP contribution in [0.5, 0.6) is 0 Å². The number of methoxy groups -OCH3 is 1. The summed E-state index contributed by atoms with van der Waals surface area (Å²) in [6, 6.07) is 30.3. The lowest BCUT2D eigenvalue weighted by molar-refractivity contribution is -0.0441. The molecule has 1 aliphatic heterocycles. The number of benzene rings is 3. The van der Waals surface area contributed by atoms with Gasteiger partial charge in [-0.2, -0.15) is 0 Å².